The summed E-state index contributed by atoms with van der Waals surface area (Å²) in [7, 11) is 0. The van der Waals surface area contributed by atoms with Gasteiger partial charge in [0.25, 0.3) is 0 Å². The van der Waals surface area contributed by atoms with Gasteiger partial charge in [-0.1, -0.05) is 13.3 Å². The molecule has 2 atom stereocenters. The summed E-state index contributed by atoms with van der Waals surface area (Å²) in [6.07, 6.45) is 2.49. The smallest absolute Gasteiger partial charge is 0.314 e. The van der Waals surface area contributed by atoms with Crippen molar-refractivity contribution in [3.63, 3.8) is 0 Å². The van der Waals surface area contributed by atoms with Crippen LogP contribution in [0.4, 0.5) is 4.79 Å². The first-order chi connectivity index (χ1) is 9.93. The van der Waals surface area contributed by atoms with Crippen molar-refractivity contribution in [3.8, 4) is 0 Å². The van der Waals surface area contributed by atoms with Crippen molar-refractivity contribution in [2.45, 2.75) is 46.1 Å². The number of amides is 2. The molecule has 2 unspecified atom stereocenters. The Balaban J connectivity index is 2.21. The quantitative estimate of drug-likeness (QED) is 0.634. The van der Waals surface area contributed by atoms with Crippen LogP contribution in [-0.4, -0.2) is 54.2 Å². The molecule has 1 saturated heterocycles. The first kappa shape index (κ1) is 17.8. The standard InChI is InChI=1S/C15H29N3O3/c1-4-5-13(14(19)20)9-17-15(21)16-8-12-6-7-18(10-12)11(2)3/h11-13H,4-10H2,1-3H3,(H,19,20)(H2,16,17,21). The Morgan fingerprint density at radius 2 is 2.05 bits per heavy atom. The zero-order valence-corrected chi connectivity index (χ0v) is 13.4. The molecule has 2 amide bonds. The fourth-order valence-corrected chi connectivity index (χ4v) is 2.67. The number of hydrogen-bond acceptors (Lipinski definition) is 3. The molecular weight excluding hydrogens is 270 g/mol. The number of carboxylic acid groups (broad SMARTS) is 1. The number of rotatable bonds is 8. The van der Waals surface area contributed by atoms with Crippen molar-refractivity contribution in [3.05, 3.63) is 0 Å². The van der Waals surface area contributed by atoms with Crippen molar-refractivity contribution in [1.82, 2.24) is 15.5 Å². The molecule has 6 heteroatoms. The number of aliphatic carboxylic acids is 1. The molecule has 0 radical (unpaired) electrons. The summed E-state index contributed by atoms with van der Waals surface area (Å²) in [5, 5.41) is 14.5. The van der Waals surface area contributed by atoms with Crippen LogP contribution in [-0.2, 0) is 4.79 Å². The second kappa shape index (κ2) is 8.87. The summed E-state index contributed by atoms with van der Waals surface area (Å²) < 4.78 is 0. The number of likely N-dealkylation sites (tertiary alicyclic amines) is 1. The second-order valence-electron chi connectivity index (χ2n) is 6.16. The Morgan fingerprint density at radius 1 is 1.33 bits per heavy atom. The Labute approximate surface area is 127 Å². The van der Waals surface area contributed by atoms with E-state index >= 15 is 0 Å². The molecule has 0 saturated carbocycles. The maximum Gasteiger partial charge on any atom is 0.314 e. The average molecular weight is 299 g/mol. The fraction of sp³-hybridized carbons (Fsp3) is 0.867. The maximum atomic E-state index is 11.7. The van der Waals surface area contributed by atoms with E-state index in [4.69, 9.17) is 5.11 Å². The van der Waals surface area contributed by atoms with E-state index in [-0.39, 0.29) is 12.6 Å². The number of nitrogens with one attached hydrogen (secondary N) is 2. The van der Waals surface area contributed by atoms with E-state index in [9.17, 15) is 9.59 Å². The van der Waals surface area contributed by atoms with Gasteiger partial charge < -0.3 is 20.6 Å². The molecule has 0 aromatic carbocycles. The summed E-state index contributed by atoms with van der Waals surface area (Å²) in [6.45, 7) is 9.26. The first-order valence-electron chi connectivity index (χ1n) is 7.92. The lowest BCUT2D eigenvalue weighted by atomic mass is 10.0. The van der Waals surface area contributed by atoms with Crippen molar-refractivity contribution in [2.24, 2.45) is 11.8 Å². The number of hydrogen-bond donors (Lipinski definition) is 3. The second-order valence-corrected chi connectivity index (χ2v) is 6.16. The topological polar surface area (TPSA) is 81.7 Å². The van der Waals surface area contributed by atoms with E-state index in [0.717, 1.165) is 25.9 Å². The molecule has 0 aromatic rings. The van der Waals surface area contributed by atoms with E-state index in [1.807, 2.05) is 6.92 Å². The van der Waals surface area contributed by atoms with Crippen molar-refractivity contribution >= 4 is 12.0 Å². The third-order valence-electron chi connectivity index (χ3n) is 4.09. The third-order valence-corrected chi connectivity index (χ3v) is 4.09. The Hall–Kier alpha value is -1.30. The number of urea groups is 1. The van der Waals surface area contributed by atoms with E-state index in [2.05, 4.69) is 29.4 Å². The van der Waals surface area contributed by atoms with Gasteiger partial charge in [-0.05, 0) is 39.2 Å². The maximum absolute atomic E-state index is 11.7. The van der Waals surface area contributed by atoms with Crippen LogP contribution in [0.25, 0.3) is 0 Å². The summed E-state index contributed by atoms with van der Waals surface area (Å²) in [5.74, 6) is -0.853. The highest BCUT2D eigenvalue weighted by Crippen LogP contribution is 2.17. The number of nitrogens with zero attached hydrogens (tertiary/aromatic N) is 1. The number of carboxylic acids is 1. The SMILES string of the molecule is CCCC(CNC(=O)NCC1CCN(C(C)C)C1)C(=O)O. The molecule has 3 N–H and O–H groups in total. The average Bonchev–Trinajstić information content (AvgIpc) is 2.89. The highest BCUT2D eigenvalue weighted by atomic mass is 16.4. The van der Waals surface area contributed by atoms with Crippen LogP contribution < -0.4 is 10.6 Å². The third kappa shape index (κ3) is 6.33. The molecule has 0 bridgehead atoms. The molecule has 21 heavy (non-hydrogen) atoms. The van der Waals surface area contributed by atoms with Gasteiger partial charge in [-0.2, -0.15) is 0 Å². The molecule has 0 aliphatic carbocycles. The Morgan fingerprint density at radius 3 is 2.57 bits per heavy atom. The van der Waals surface area contributed by atoms with E-state index in [1.54, 1.807) is 0 Å². The lowest BCUT2D eigenvalue weighted by Crippen LogP contribution is -2.42. The van der Waals surface area contributed by atoms with Gasteiger partial charge in [0, 0.05) is 25.7 Å². The van der Waals surface area contributed by atoms with Crippen LogP contribution in [0.15, 0.2) is 0 Å². The van der Waals surface area contributed by atoms with Gasteiger partial charge >= 0.3 is 12.0 Å². The zero-order valence-electron chi connectivity index (χ0n) is 13.4. The van der Waals surface area contributed by atoms with Gasteiger partial charge in [0.2, 0.25) is 0 Å². The monoisotopic (exact) mass is 299 g/mol. The summed E-state index contributed by atoms with van der Waals surface area (Å²) >= 11 is 0. The van der Waals surface area contributed by atoms with E-state index in [1.165, 1.54) is 0 Å². The van der Waals surface area contributed by atoms with Gasteiger partial charge in [-0.3, -0.25) is 4.79 Å². The van der Waals surface area contributed by atoms with Gasteiger partial charge in [0.15, 0.2) is 0 Å². The van der Waals surface area contributed by atoms with Gasteiger partial charge in [-0.25, -0.2) is 4.79 Å². The minimum atomic E-state index is -0.847. The van der Waals surface area contributed by atoms with Gasteiger partial charge in [0.05, 0.1) is 5.92 Å². The van der Waals surface area contributed by atoms with Crippen LogP contribution in [0.2, 0.25) is 0 Å². The van der Waals surface area contributed by atoms with Crippen molar-refractivity contribution < 1.29 is 14.7 Å². The first-order valence-corrected chi connectivity index (χ1v) is 7.92. The molecular formula is C15H29N3O3. The lowest BCUT2D eigenvalue weighted by Gasteiger charge is -2.20. The predicted molar refractivity (Wildman–Crippen MR) is 82.3 cm³/mol. The van der Waals surface area contributed by atoms with Crippen LogP contribution >= 0.6 is 0 Å². The zero-order chi connectivity index (χ0) is 15.8. The van der Waals surface area contributed by atoms with E-state index < -0.39 is 11.9 Å². The van der Waals surface area contributed by atoms with Crippen molar-refractivity contribution in [2.75, 3.05) is 26.2 Å². The van der Waals surface area contributed by atoms with Gasteiger partial charge in [0.1, 0.15) is 0 Å². The fourth-order valence-electron chi connectivity index (χ4n) is 2.67. The molecule has 1 heterocycles. The highest BCUT2D eigenvalue weighted by Gasteiger charge is 2.24. The normalized spacial score (nSPS) is 20.5. The molecule has 1 aliphatic heterocycles. The molecule has 6 nitrogen and oxygen atoms in total. The number of carbonyl (C=O) groups excluding carboxylic acids is 1. The highest BCUT2D eigenvalue weighted by molar-refractivity contribution is 5.75. The molecule has 122 valence electrons. The molecule has 0 aromatic heterocycles. The van der Waals surface area contributed by atoms with E-state index in [0.29, 0.717) is 24.9 Å². The van der Waals surface area contributed by atoms with Crippen LogP contribution in [0.1, 0.15) is 40.0 Å². The summed E-state index contributed by atoms with van der Waals surface area (Å²) in [5.41, 5.74) is 0. The lowest BCUT2D eigenvalue weighted by molar-refractivity contribution is -0.141. The minimum Gasteiger partial charge on any atom is -0.481 e. The molecule has 1 fully saturated rings. The predicted octanol–water partition coefficient (Wildman–Crippen LogP) is 1.52. The van der Waals surface area contributed by atoms with Crippen LogP contribution in [0.5, 0.6) is 0 Å². The Kier molecular flexibility index (Phi) is 7.50. The van der Waals surface area contributed by atoms with Gasteiger partial charge in [-0.15, -0.1) is 0 Å². The number of carbonyl (C=O) groups is 2. The Bertz CT molecular complexity index is 347. The molecule has 1 rings (SSSR count). The molecule has 0 spiro atoms. The van der Waals surface area contributed by atoms with Crippen LogP contribution in [0, 0.1) is 11.8 Å². The van der Waals surface area contributed by atoms with Crippen LogP contribution in [0.3, 0.4) is 0 Å². The molecule has 1 aliphatic rings. The summed E-state index contributed by atoms with van der Waals surface area (Å²) in [6, 6.07) is 0.287. The largest absolute Gasteiger partial charge is 0.481 e. The summed E-state index contributed by atoms with van der Waals surface area (Å²) in [4.78, 5) is 25.1. The minimum absolute atomic E-state index is 0.192. The van der Waals surface area contributed by atoms with Crippen molar-refractivity contribution in [1.29, 1.82) is 0 Å².